The number of hydrogen-bond donors (Lipinski definition) is 2. The lowest BCUT2D eigenvalue weighted by atomic mass is 10.2. The van der Waals surface area contributed by atoms with Crippen molar-refractivity contribution in [2.24, 2.45) is 0 Å². The van der Waals surface area contributed by atoms with Crippen LogP contribution in [0.2, 0.25) is 0 Å². The van der Waals surface area contributed by atoms with Crippen molar-refractivity contribution < 1.29 is 23.6 Å². The summed E-state index contributed by atoms with van der Waals surface area (Å²) in [6.45, 7) is 2.76. The van der Waals surface area contributed by atoms with Gasteiger partial charge in [-0.2, -0.15) is 5.48 Å². The van der Waals surface area contributed by atoms with Crippen LogP contribution in [0.25, 0.3) is 5.69 Å². The third-order valence-corrected chi connectivity index (χ3v) is 5.19. The van der Waals surface area contributed by atoms with Gasteiger partial charge < -0.3 is 14.6 Å². The molecule has 2 aromatic carbocycles. The maximum absolute atomic E-state index is 14.9. The van der Waals surface area contributed by atoms with Crippen LogP contribution in [0.15, 0.2) is 67.0 Å². The van der Waals surface area contributed by atoms with Crippen LogP contribution in [0.1, 0.15) is 18.1 Å². The van der Waals surface area contributed by atoms with E-state index >= 15 is 0 Å². The maximum atomic E-state index is 14.9. The molecule has 0 spiro atoms. The van der Waals surface area contributed by atoms with E-state index < -0.39 is 18.0 Å². The molecule has 1 aliphatic rings. The average molecular weight is 452 g/mol. The van der Waals surface area contributed by atoms with Gasteiger partial charge in [-0.25, -0.2) is 9.18 Å². The van der Waals surface area contributed by atoms with Gasteiger partial charge in [0.05, 0.1) is 31.1 Å². The molecule has 0 unspecified atom stereocenters. The van der Waals surface area contributed by atoms with Crippen LogP contribution in [-0.2, 0) is 27.5 Å². The van der Waals surface area contributed by atoms with Gasteiger partial charge in [-0.3, -0.25) is 14.5 Å². The molecule has 33 heavy (non-hydrogen) atoms. The average Bonchev–Trinajstić information content (AvgIpc) is 3.42. The number of nitrogens with zero attached hydrogens (tertiary/aromatic N) is 2. The predicted molar refractivity (Wildman–Crippen MR) is 120 cm³/mol. The Hall–Kier alpha value is -3.69. The molecule has 8 nitrogen and oxygen atoms in total. The zero-order valence-corrected chi connectivity index (χ0v) is 18.2. The van der Waals surface area contributed by atoms with Crippen LogP contribution in [-0.4, -0.2) is 35.8 Å². The zero-order chi connectivity index (χ0) is 23.2. The second-order valence-electron chi connectivity index (χ2n) is 7.71. The van der Waals surface area contributed by atoms with E-state index in [0.29, 0.717) is 24.5 Å². The van der Waals surface area contributed by atoms with Crippen molar-refractivity contribution in [2.75, 3.05) is 18.0 Å². The van der Waals surface area contributed by atoms with E-state index in [-0.39, 0.29) is 19.0 Å². The van der Waals surface area contributed by atoms with Crippen molar-refractivity contribution in [1.29, 1.82) is 0 Å². The number of carbonyl (C=O) groups is 2. The normalized spacial score (nSPS) is 15.5. The van der Waals surface area contributed by atoms with E-state index in [4.69, 9.17) is 9.57 Å². The Morgan fingerprint density at radius 1 is 1.18 bits per heavy atom. The predicted octanol–water partition coefficient (Wildman–Crippen LogP) is 3.30. The first-order valence-electron chi connectivity index (χ1n) is 10.6. The number of carbonyl (C=O) groups excluding carboxylic acids is 2. The molecular weight excluding hydrogens is 427 g/mol. The number of halogens is 1. The first-order valence-corrected chi connectivity index (χ1v) is 10.6. The number of cyclic esters (lactones) is 1. The van der Waals surface area contributed by atoms with Crippen LogP contribution < -0.4 is 15.7 Å². The van der Waals surface area contributed by atoms with Crippen LogP contribution in [0, 0.1) is 5.82 Å². The minimum absolute atomic E-state index is 0.205. The lowest BCUT2D eigenvalue weighted by Gasteiger charge is -2.15. The summed E-state index contributed by atoms with van der Waals surface area (Å²) < 4.78 is 21.8. The van der Waals surface area contributed by atoms with Gasteiger partial charge in [0, 0.05) is 25.9 Å². The van der Waals surface area contributed by atoms with Crippen molar-refractivity contribution in [2.45, 2.75) is 26.2 Å². The molecule has 0 radical (unpaired) electrons. The Balaban J connectivity index is 1.34. The molecule has 9 heteroatoms. The van der Waals surface area contributed by atoms with Crippen LogP contribution >= 0.6 is 0 Å². The SMILES string of the molecule is CC(=O)NC[C@H]1CN(c2ccc(-n3ccc(CNOCc4ccccc4)c3)c(F)c2)C(=O)O1. The molecule has 1 atom stereocenters. The molecule has 172 valence electrons. The van der Waals surface area contributed by atoms with Gasteiger partial charge in [0.15, 0.2) is 0 Å². The topological polar surface area (TPSA) is 84.8 Å². The third kappa shape index (κ3) is 5.76. The molecule has 2 amide bonds. The minimum atomic E-state index is -0.567. The van der Waals surface area contributed by atoms with Gasteiger partial charge >= 0.3 is 6.09 Å². The molecule has 0 bridgehead atoms. The number of anilines is 1. The second kappa shape index (κ2) is 10.3. The summed E-state index contributed by atoms with van der Waals surface area (Å²) in [7, 11) is 0. The molecule has 2 heterocycles. The number of aromatic nitrogens is 1. The molecule has 1 aromatic heterocycles. The Morgan fingerprint density at radius 3 is 2.76 bits per heavy atom. The molecular formula is C24H25FN4O4. The summed E-state index contributed by atoms with van der Waals surface area (Å²) in [6, 6.07) is 16.3. The van der Waals surface area contributed by atoms with Gasteiger partial charge in [0.25, 0.3) is 0 Å². The highest BCUT2D eigenvalue weighted by Crippen LogP contribution is 2.26. The lowest BCUT2D eigenvalue weighted by Crippen LogP contribution is -2.33. The highest BCUT2D eigenvalue weighted by atomic mass is 19.1. The largest absolute Gasteiger partial charge is 0.442 e. The van der Waals surface area contributed by atoms with E-state index in [2.05, 4.69) is 10.8 Å². The second-order valence-corrected chi connectivity index (χ2v) is 7.71. The minimum Gasteiger partial charge on any atom is -0.442 e. The van der Waals surface area contributed by atoms with E-state index in [9.17, 15) is 14.0 Å². The van der Waals surface area contributed by atoms with Crippen molar-refractivity contribution in [3.8, 4) is 5.69 Å². The molecule has 0 saturated carbocycles. The van der Waals surface area contributed by atoms with Crippen LogP contribution in [0.4, 0.5) is 14.9 Å². The summed E-state index contributed by atoms with van der Waals surface area (Å²) in [4.78, 5) is 30.1. The summed E-state index contributed by atoms with van der Waals surface area (Å²) in [5.41, 5.74) is 5.66. The molecule has 1 fully saturated rings. The summed E-state index contributed by atoms with van der Waals surface area (Å²) in [5, 5.41) is 2.62. The van der Waals surface area contributed by atoms with Crippen LogP contribution in [0.5, 0.6) is 0 Å². The number of hydroxylamine groups is 1. The first-order chi connectivity index (χ1) is 16.0. The van der Waals surface area contributed by atoms with Gasteiger partial charge in [-0.05, 0) is 35.4 Å². The van der Waals surface area contributed by atoms with E-state index in [1.807, 2.05) is 42.6 Å². The van der Waals surface area contributed by atoms with E-state index in [0.717, 1.165) is 11.1 Å². The van der Waals surface area contributed by atoms with Gasteiger partial charge in [0.1, 0.15) is 11.9 Å². The van der Waals surface area contributed by atoms with Gasteiger partial charge in [0.2, 0.25) is 5.91 Å². The number of ether oxygens (including phenoxy) is 1. The van der Waals surface area contributed by atoms with Crippen molar-refractivity contribution >= 4 is 17.7 Å². The number of hydrogen-bond acceptors (Lipinski definition) is 5. The summed E-state index contributed by atoms with van der Waals surface area (Å²) in [5.74, 6) is -0.676. The van der Waals surface area contributed by atoms with Crippen molar-refractivity contribution in [1.82, 2.24) is 15.4 Å². The molecule has 2 N–H and O–H groups in total. The van der Waals surface area contributed by atoms with Crippen molar-refractivity contribution in [3.05, 3.63) is 83.9 Å². The number of benzene rings is 2. The van der Waals surface area contributed by atoms with Crippen LogP contribution in [0.3, 0.4) is 0 Å². The highest BCUT2D eigenvalue weighted by Gasteiger charge is 2.32. The summed E-state index contributed by atoms with van der Waals surface area (Å²) >= 11 is 0. The molecule has 0 aliphatic carbocycles. The molecule has 4 rings (SSSR count). The van der Waals surface area contributed by atoms with Gasteiger partial charge in [-0.1, -0.05) is 30.3 Å². The number of rotatable bonds is 9. The first kappa shape index (κ1) is 22.5. The monoisotopic (exact) mass is 452 g/mol. The Bertz CT molecular complexity index is 1120. The summed E-state index contributed by atoms with van der Waals surface area (Å²) in [6.07, 6.45) is 2.53. The fourth-order valence-corrected chi connectivity index (χ4v) is 3.51. The Labute approximate surface area is 190 Å². The highest BCUT2D eigenvalue weighted by molar-refractivity contribution is 5.90. The number of amides is 2. The fraction of sp³-hybridized carbons (Fsp3) is 0.250. The molecule has 3 aromatic rings. The lowest BCUT2D eigenvalue weighted by molar-refractivity contribution is -0.119. The smallest absolute Gasteiger partial charge is 0.414 e. The van der Waals surface area contributed by atoms with E-state index in [1.165, 1.54) is 17.9 Å². The van der Waals surface area contributed by atoms with E-state index in [1.54, 1.807) is 22.9 Å². The standard InChI is InChI=1S/C24H25FN4O4/c1-17(30)26-13-21-15-29(24(31)33-21)20-7-8-23(22(25)11-20)28-10-9-19(14-28)12-27-32-16-18-5-3-2-4-6-18/h2-11,14,21,27H,12-13,15-16H2,1H3,(H,26,30)/t21-/m0/s1. The Morgan fingerprint density at radius 2 is 2.00 bits per heavy atom. The maximum Gasteiger partial charge on any atom is 0.414 e. The Kier molecular flexibility index (Phi) is 7.01. The fourth-order valence-electron chi connectivity index (χ4n) is 3.51. The molecule has 1 aliphatic heterocycles. The quantitative estimate of drug-likeness (QED) is 0.385. The molecule has 1 saturated heterocycles. The zero-order valence-electron chi connectivity index (χ0n) is 18.2. The third-order valence-electron chi connectivity index (χ3n) is 5.19. The van der Waals surface area contributed by atoms with Gasteiger partial charge in [-0.15, -0.1) is 0 Å². The van der Waals surface area contributed by atoms with Crippen molar-refractivity contribution in [3.63, 3.8) is 0 Å². The number of nitrogens with one attached hydrogen (secondary N) is 2.